The SMILES string of the molecule is c1ccc(-c2ccc3c(c2)oc2cccc(C4NC(c5ccc6c(ccc7ccccc76)c5)=NC(c5ccccc5)N4)c23)cc1. The van der Waals surface area contributed by atoms with Crippen molar-refractivity contribution in [1.29, 1.82) is 0 Å². The first-order valence-corrected chi connectivity index (χ1v) is 15.4. The smallest absolute Gasteiger partial charge is 0.136 e. The summed E-state index contributed by atoms with van der Waals surface area (Å²) in [5.74, 6) is 0.860. The minimum absolute atomic E-state index is 0.201. The summed E-state index contributed by atoms with van der Waals surface area (Å²) in [6.45, 7) is 0. The van der Waals surface area contributed by atoms with Crippen molar-refractivity contribution in [2.75, 3.05) is 0 Å². The second-order valence-corrected chi connectivity index (χ2v) is 11.7. The number of hydrogen-bond acceptors (Lipinski definition) is 4. The molecule has 0 bridgehead atoms. The Hall–Kier alpha value is -5.71. The van der Waals surface area contributed by atoms with Crippen molar-refractivity contribution >= 4 is 49.3 Å². The predicted molar refractivity (Wildman–Crippen MR) is 185 cm³/mol. The fraction of sp³-hybridized carbons (Fsp3) is 0.0488. The fourth-order valence-electron chi connectivity index (χ4n) is 6.74. The third-order valence-electron chi connectivity index (χ3n) is 8.94. The van der Waals surface area contributed by atoms with Gasteiger partial charge in [0, 0.05) is 21.9 Å². The van der Waals surface area contributed by atoms with Gasteiger partial charge >= 0.3 is 0 Å². The Morgan fingerprint density at radius 3 is 2.13 bits per heavy atom. The Morgan fingerprint density at radius 2 is 1.24 bits per heavy atom. The van der Waals surface area contributed by atoms with E-state index in [2.05, 4.69) is 150 Å². The van der Waals surface area contributed by atoms with Crippen LogP contribution in [0.25, 0.3) is 54.6 Å². The van der Waals surface area contributed by atoms with Gasteiger partial charge in [0.25, 0.3) is 0 Å². The van der Waals surface area contributed by atoms with Crippen LogP contribution in [0.4, 0.5) is 0 Å². The van der Waals surface area contributed by atoms with Gasteiger partial charge in [-0.15, -0.1) is 0 Å². The van der Waals surface area contributed by atoms with Crippen LogP contribution in [-0.2, 0) is 0 Å². The van der Waals surface area contributed by atoms with Crippen LogP contribution in [0.1, 0.15) is 29.0 Å². The number of furan rings is 1. The molecule has 1 aliphatic heterocycles. The van der Waals surface area contributed by atoms with Crippen molar-refractivity contribution in [2.45, 2.75) is 12.3 Å². The zero-order valence-corrected chi connectivity index (χ0v) is 24.4. The molecule has 2 unspecified atom stereocenters. The molecule has 0 aliphatic carbocycles. The molecule has 0 radical (unpaired) electrons. The molecular formula is C41H29N3O. The molecule has 0 amide bonds. The molecule has 2 atom stereocenters. The normalized spacial score (nSPS) is 16.7. The largest absolute Gasteiger partial charge is 0.456 e. The molecule has 7 aromatic carbocycles. The summed E-state index contributed by atoms with van der Waals surface area (Å²) >= 11 is 0. The molecular weight excluding hydrogens is 550 g/mol. The van der Waals surface area contributed by atoms with Crippen LogP contribution in [0.3, 0.4) is 0 Å². The standard InChI is InChI=1S/C41H29N3O/c1-3-10-26(11-4-1)29-20-23-34-37(25-29)45-36-17-9-16-35(38(34)36)41-43-39(28-13-5-2-6-14-28)42-40(44-41)31-21-22-33-30(24-31)19-18-27-12-7-8-15-32(27)33/h1-25,39,41,43H,(H,42,44). The molecule has 0 saturated heterocycles. The first-order chi connectivity index (χ1) is 22.3. The maximum Gasteiger partial charge on any atom is 0.136 e. The highest BCUT2D eigenvalue weighted by Gasteiger charge is 2.28. The first-order valence-electron chi connectivity index (χ1n) is 15.4. The van der Waals surface area contributed by atoms with E-state index in [0.717, 1.165) is 50.0 Å². The van der Waals surface area contributed by atoms with Gasteiger partial charge < -0.3 is 9.73 Å². The summed E-state index contributed by atoms with van der Waals surface area (Å²) in [5.41, 5.74) is 7.36. The van der Waals surface area contributed by atoms with Gasteiger partial charge in [-0.1, -0.05) is 127 Å². The van der Waals surface area contributed by atoms with E-state index in [9.17, 15) is 0 Å². The number of hydrogen-bond donors (Lipinski definition) is 2. The molecule has 214 valence electrons. The molecule has 2 heterocycles. The van der Waals surface area contributed by atoms with Gasteiger partial charge in [-0.05, 0) is 62.5 Å². The topological polar surface area (TPSA) is 49.6 Å². The number of benzene rings is 7. The van der Waals surface area contributed by atoms with Gasteiger partial charge in [0.15, 0.2) is 0 Å². The van der Waals surface area contributed by atoms with E-state index in [0.29, 0.717) is 0 Å². The quantitative estimate of drug-likeness (QED) is 0.204. The Labute approximate surface area is 260 Å². The Kier molecular flexibility index (Phi) is 6.00. The van der Waals surface area contributed by atoms with Crippen molar-refractivity contribution in [3.63, 3.8) is 0 Å². The highest BCUT2D eigenvalue weighted by molar-refractivity contribution is 6.11. The highest BCUT2D eigenvalue weighted by Crippen LogP contribution is 2.37. The highest BCUT2D eigenvalue weighted by atomic mass is 16.3. The summed E-state index contributed by atoms with van der Waals surface area (Å²) in [6, 6.07) is 53.3. The van der Waals surface area contributed by atoms with Crippen LogP contribution < -0.4 is 10.6 Å². The molecule has 4 heteroatoms. The summed E-state index contributed by atoms with van der Waals surface area (Å²) in [5, 5.41) is 14.7. The molecule has 4 nitrogen and oxygen atoms in total. The lowest BCUT2D eigenvalue weighted by Crippen LogP contribution is -2.45. The average Bonchev–Trinajstić information content (AvgIpc) is 3.50. The van der Waals surface area contributed by atoms with E-state index in [1.165, 1.54) is 27.1 Å². The second-order valence-electron chi connectivity index (χ2n) is 11.7. The van der Waals surface area contributed by atoms with Gasteiger partial charge in [-0.2, -0.15) is 0 Å². The third-order valence-corrected chi connectivity index (χ3v) is 8.94. The van der Waals surface area contributed by atoms with Crippen molar-refractivity contribution in [1.82, 2.24) is 10.6 Å². The van der Waals surface area contributed by atoms with Crippen LogP contribution in [0.15, 0.2) is 161 Å². The average molecular weight is 580 g/mol. The monoisotopic (exact) mass is 579 g/mol. The first kappa shape index (κ1) is 25.8. The van der Waals surface area contributed by atoms with Crippen LogP contribution in [0.5, 0.6) is 0 Å². The molecule has 0 spiro atoms. The Morgan fingerprint density at radius 1 is 0.511 bits per heavy atom. The van der Waals surface area contributed by atoms with Crippen molar-refractivity contribution in [3.8, 4) is 11.1 Å². The van der Waals surface area contributed by atoms with E-state index in [1.54, 1.807) is 0 Å². The van der Waals surface area contributed by atoms with Crippen LogP contribution >= 0.6 is 0 Å². The van der Waals surface area contributed by atoms with Gasteiger partial charge in [0.05, 0.1) is 0 Å². The van der Waals surface area contributed by atoms with Gasteiger partial charge in [0.1, 0.15) is 29.3 Å². The lowest BCUT2D eigenvalue weighted by atomic mass is 9.98. The molecule has 8 aromatic rings. The lowest BCUT2D eigenvalue weighted by molar-refractivity contribution is 0.411. The number of aliphatic imine (C=N–C) groups is 1. The number of nitrogens with zero attached hydrogens (tertiary/aromatic N) is 1. The minimum Gasteiger partial charge on any atom is -0.456 e. The molecule has 0 fully saturated rings. The van der Waals surface area contributed by atoms with Gasteiger partial charge in [0.2, 0.25) is 0 Å². The number of nitrogens with one attached hydrogen (secondary N) is 2. The zero-order valence-electron chi connectivity index (χ0n) is 24.4. The minimum atomic E-state index is -0.224. The Balaban J connectivity index is 1.16. The number of rotatable bonds is 4. The van der Waals surface area contributed by atoms with Gasteiger partial charge in [-0.3, -0.25) is 5.32 Å². The molecule has 45 heavy (non-hydrogen) atoms. The van der Waals surface area contributed by atoms with Crippen molar-refractivity contribution in [3.05, 3.63) is 168 Å². The van der Waals surface area contributed by atoms with Crippen molar-refractivity contribution < 1.29 is 4.42 Å². The summed E-state index contributed by atoms with van der Waals surface area (Å²) < 4.78 is 6.47. The maximum atomic E-state index is 6.47. The molecule has 9 rings (SSSR count). The molecule has 0 saturated carbocycles. The third kappa shape index (κ3) is 4.46. The summed E-state index contributed by atoms with van der Waals surface area (Å²) in [7, 11) is 0. The predicted octanol–water partition coefficient (Wildman–Crippen LogP) is 9.90. The van der Waals surface area contributed by atoms with E-state index in [-0.39, 0.29) is 12.3 Å². The summed E-state index contributed by atoms with van der Waals surface area (Å²) in [4.78, 5) is 5.21. The van der Waals surface area contributed by atoms with E-state index in [4.69, 9.17) is 9.41 Å². The zero-order chi connectivity index (χ0) is 29.7. The molecule has 2 N–H and O–H groups in total. The van der Waals surface area contributed by atoms with Crippen molar-refractivity contribution in [2.24, 2.45) is 4.99 Å². The van der Waals surface area contributed by atoms with E-state index in [1.807, 2.05) is 12.1 Å². The van der Waals surface area contributed by atoms with Crippen LogP contribution in [-0.4, -0.2) is 5.84 Å². The maximum absolute atomic E-state index is 6.47. The lowest BCUT2D eigenvalue weighted by Gasteiger charge is -2.32. The Bertz CT molecular complexity index is 2390. The molecule has 1 aromatic heterocycles. The number of fused-ring (bicyclic) bond motifs is 6. The van der Waals surface area contributed by atoms with E-state index >= 15 is 0 Å². The molecule has 1 aliphatic rings. The fourth-order valence-corrected chi connectivity index (χ4v) is 6.74. The van der Waals surface area contributed by atoms with Crippen LogP contribution in [0, 0.1) is 0 Å². The summed E-state index contributed by atoms with van der Waals surface area (Å²) in [6.07, 6.45) is -0.425. The van der Waals surface area contributed by atoms with Crippen LogP contribution in [0.2, 0.25) is 0 Å². The van der Waals surface area contributed by atoms with E-state index < -0.39 is 0 Å². The number of amidine groups is 1. The van der Waals surface area contributed by atoms with Gasteiger partial charge in [-0.25, -0.2) is 4.99 Å². The second kappa shape index (κ2) is 10.5.